The number of carbonyl (C=O) groups is 2. The van der Waals surface area contributed by atoms with Crippen LogP contribution in [0.5, 0.6) is 0 Å². The summed E-state index contributed by atoms with van der Waals surface area (Å²) in [5, 5.41) is 9.28. The Hall–Kier alpha value is -3.13. The van der Waals surface area contributed by atoms with Gasteiger partial charge in [-0.3, -0.25) is 9.59 Å². The third-order valence-electron chi connectivity index (χ3n) is 4.69. The van der Waals surface area contributed by atoms with Gasteiger partial charge in [-0.05, 0) is 43.7 Å². The maximum Gasteiger partial charge on any atom is 0.232 e. The van der Waals surface area contributed by atoms with Crippen LogP contribution in [0.3, 0.4) is 0 Å². The summed E-state index contributed by atoms with van der Waals surface area (Å²) in [6, 6.07) is 16.9. The topological polar surface area (TPSA) is 64.4 Å². The zero-order valence-corrected chi connectivity index (χ0v) is 15.0. The molecule has 1 aliphatic heterocycles. The molecule has 0 radical (unpaired) electrons. The number of nitriles is 1. The van der Waals surface area contributed by atoms with Gasteiger partial charge in [0.05, 0.1) is 17.2 Å². The highest BCUT2D eigenvalue weighted by Gasteiger charge is 2.38. The first-order valence-electron chi connectivity index (χ1n) is 8.72. The molecule has 2 aromatic rings. The first-order valence-corrected chi connectivity index (χ1v) is 8.72. The second-order valence-electron chi connectivity index (χ2n) is 6.46. The molecule has 132 valence electrons. The quantitative estimate of drug-likeness (QED) is 0.852. The zero-order chi connectivity index (χ0) is 18.7. The van der Waals surface area contributed by atoms with Gasteiger partial charge in [0.25, 0.3) is 0 Å². The molecule has 5 nitrogen and oxygen atoms in total. The van der Waals surface area contributed by atoms with Crippen molar-refractivity contribution >= 4 is 23.2 Å². The molecule has 1 aliphatic rings. The second-order valence-corrected chi connectivity index (χ2v) is 6.46. The fraction of sp³-hybridized carbons (Fsp3) is 0.286. The largest absolute Gasteiger partial charge is 0.312 e. The third-order valence-corrected chi connectivity index (χ3v) is 4.69. The Morgan fingerprint density at radius 2 is 2.04 bits per heavy atom. The van der Waals surface area contributed by atoms with Crippen molar-refractivity contribution in [3.63, 3.8) is 0 Å². The van der Waals surface area contributed by atoms with Crippen molar-refractivity contribution in [2.24, 2.45) is 5.92 Å². The minimum Gasteiger partial charge on any atom is -0.312 e. The molecular weight excluding hydrogens is 326 g/mol. The summed E-state index contributed by atoms with van der Waals surface area (Å²) in [5.41, 5.74) is 2.95. The van der Waals surface area contributed by atoms with Crippen LogP contribution in [0.4, 0.5) is 11.4 Å². The van der Waals surface area contributed by atoms with E-state index in [2.05, 4.69) is 6.07 Å². The van der Waals surface area contributed by atoms with E-state index in [0.717, 1.165) is 11.3 Å². The van der Waals surface area contributed by atoms with Gasteiger partial charge in [-0.25, -0.2) is 0 Å². The summed E-state index contributed by atoms with van der Waals surface area (Å²) in [6.45, 7) is 4.77. The Morgan fingerprint density at radius 1 is 1.27 bits per heavy atom. The van der Waals surface area contributed by atoms with Crippen LogP contribution in [0.1, 0.15) is 24.5 Å². The average molecular weight is 347 g/mol. The second kappa shape index (κ2) is 7.40. The molecule has 0 aliphatic carbocycles. The van der Waals surface area contributed by atoms with E-state index in [9.17, 15) is 14.9 Å². The van der Waals surface area contributed by atoms with Crippen LogP contribution in [0, 0.1) is 24.2 Å². The fourth-order valence-corrected chi connectivity index (χ4v) is 3.39. The van der Waals surface area contributed by atoms with E-state index in [0.29, 0.717) is 24.3 Å². The summed E-state index contributed by atoms with van der Waals surface area (Å²) < 4.78 is 0. The van der Waals surface area contributed by atoms with Gasteiger partial charge >= 0.3 is 0 Å². The minimum atomic E-state index is -0.408. The molecule has 2 amide bonds. The molecule has 1 heterocycles. The maximum atomic E-state index is 13.0. The molecule has 0 spiro atoms. The summed E-state index contributed by atoms with van der Waals surface area (Å²) >= 11 is 0. The summed E-state index contributed by atoms with van der Waals surface area (Å²) in [5.74, 6) is -0.579. The first kappa shape index (κ1) is 17.7. The molecule has 1 fully saturated rings. The van der Waals surface area contributed by atoms with Crippen LogP contribution in [0.25, 0.3) is 0 Å². The smallest absolute Gasteiger partial charge is 0.232 e. The molecular formula is C21H21N3O2. The van der Waals surface area contributed by atoms with E-state index < -0.39 is 5.92 Å². The molecule has 0 aromatic heterocycles. The lowest BCUT2D eigenvalue weighted by Gasteiger charge is -2.25. The van der Waals surface area contributed by atoms with Crippen molar-refractivity contribution in [2.45, 2.75) is 20.3 Å². The SMILES string of the molecule is CCN(C(=O)C1CC(=O)N(c2ccccc2C#N)C1)c1cccc(C)c1. The molecule has 1 unspecified atom stereocenters. The Balaban J connectivity index is 1.83. The lowest BCUT2D eigenvalue weighted by molar-refractivity contribution is -0.124. The van der Waals surface area contributed by atoms with Crippen LogP contribution in [0.15, 0.2) is 48.5 Å². The number of para-hydroxylation sites is 1. The van der Waals surface area contributed by atoms with Crippen LogP contribution < -0.4 is 9.80 Å². The number of hydrogen-bond donors (Lipinski definition) is 0. The molecule has 5 heteroatoms. The molecule has 0 N–H and O–H groups in total. The number of hydrogen-bond acceptors (Lipinski definition) is 3. The zero-order valence-electron chi connectivity index (χ0n) is 15.0. The summed E-state index contributed by atoms with van der Waals surface area (Å²) in [4.78, 5) is 28.8. The monoisotopic (exact) mass is 347 g/mol. The molecule has 3 rings (SSSR count). The summed E-state index contributed by atoms with van der Waals surface area (Å²) in [6.07, 6.45) is 0.168. The van der Waals surface area contributed by atoms with Gasteiger partial charge in [0.15, 0.2) is 0 Å². The number of amides is 2. The van der Waals surface area contributed by atoms with Gasteiger partial charge in [0.2, 0.25) is 11.8 Å². The Labute approximate surface area is 153 Å². The predicted octanol–water partition coefficient (Wildman–Crippen LogP) is 3.27. The van der Waals surface area contributed by atoms with Gasteiger partial charge in [-0.2, -0.15) is 5.26 Å². The van der Waals surface area contributed by atoms with Gasteiger partial charge in [0, 0.05) is 25.2 Å². The lowest BCUT2D eigenvalue weighted by atomic mass is 10.1. The van der Waals surface area contributed by atoms with Gasteiger partial charge in [-0.15, -0.1) is 0 Å². The molecule has 0 saturated carbocycles. The van der Waals surface area contributed by atoms with Crippen LogP contribution >= 0.6 is 0 Å². The van der Waals surface area contributed by atoms with Crippen molar-refractivity contribution < 1.29 is 9.59 Å². The number of rotatable bonds is 4. The van der Waals surface area contributed by atoms with Gasteiger partial charge < -0.3 is 9.80 Å². The van der Waals surface area contributed by atoms with Crippen LogP contribution in [-0.2, 0) is 9.59 Å². The van der Waals surface area contributed by atoms with E-state index >= 15 is 0 Å². The van der Waals surface area contributed by atoms with Crippen LogP contribution in [-0.4, -0.2) is 24.9 Å². The Morgan fingerprint density at radius 3 is 2.73 bits per heavy atom. The average Bonchev–Trinajstić information content (AvgIpc) is 3.04. The van der Waals surface area contributed by atoms with E-state index in [4.69, 9.17) is 0 Å². The van der Waals surface area contributed by atoms with E-state index in [-0.39, 0.29) is 18.2 Å². The Bertz CT molecular complexity index is 885. The highest BCUT2D eigenvalue weighted by atomic mass is 16.2. The highest BCUT2D eigenvalue weighted by Crippen LogP contribution is 2.30. The molecule has 1 atom stereocenters. The standard InChI is InChI=1S/C21H21N3O2/c1-3-23(18-9-6-7-15(2)11-18)21(26)17-12-20(25)24(14-17)19-10-5-4-8-16(19)13-22/h4-11,17H,3,12,14H2,1-2H3. The number of benzene rings is 2. The highest BCUT2D eigenvalue weighted by molar-refractivity contribution is 6.05. The predicted molar refractivity (Wildman–Crippen MR) is 101 cm³/mol. The molecule has 0 bridgehead atoms. The van der Waals surface area contributed by atoms with E-state index in [1.165, 1.54) is 0 Å². The fourth-order valence-electron chi connectivity index (χ4n) is 3.39. The van der Waals surface area contributed by atoms with Gasteiger partial charge in [-0.1, -0.05) is 24.3 Å². The molecule has 2 aromatic carbocycles. The van der Waals surface area contributed by atoms with E-state index in [1.807, 2.05) is 38.1 Å². The third kappa shape index (κ3) is 3.31. The maximum absolute atomic E-state index is 13.0. The minimum absolute atomic E-state index is 0.0524. The normalized spacial score (nSPS) is 16.4. The van der Waals surface area contributed by atoms with Crippen molar-refractivity contribution in [3.8, 4) is 6.07 Å². The number of anilines is 2. The lowest BCUT2D eigenvalue weighted by Crippen LogP contribution is -2.37. The Kier molecular flexibility index (Phi) is 5.04. The first-order chi connectivity index (χ1) is 12.5. The van der Waals surface area contributed by atoms with Crippen molar-refractivity contribution in [2.75, 3.05) is 22.9 Å². The van der Waals surface area contributed by atoms with Gasteiger partial charge in [0.1, 0.15) is 6.07 Å². The van der Waals surface area contributed by atoms with Crippen molar-refractivity contribution in [1.29, 1.82) is 5.26 Å². The number of aryl methyl sites for hydroxylation is 1. The van der Waals surface area contributed by atoms with E-state index in [1.54, 1.807) is 34.1 Å². The number of carbonyl (C=O) groups excluding carboxylic acids is 2. The molecule has 26 heavy (non-hydrogen) atoms. The molecule has 1 saturated heterocycles. The van der Waals surface area contributed by atoms with Crippen LogP contribution in [0.2, 0.25) is 0 Å². The summed E-state index contributed by atoms with van der Waals surface area (Å²) in [7, 11) is 0. The van der Waals surface area contributed by atoms with Crippen molar-refractivity contribution in [1.82, 2.24) is 0 Å². The number of nitrogens with zero attached hydrogens (tertiary/aromatic N) is 3. The van der Waals surface area contributed by atoms with Crippen molar-refractivity contribution in [3.05, 3.63) is 59.7 Å².